The average molecular weight is 531 g/mol. The molecule has 1 aliphatic rings. The molecule has 35 heavy (non-hydrogen) atoms. The van der Waals surface area contributed by atoms with E-state index in [1.54, 1.807) is 0 Å². The van der Waals surface area contributed by atoms with Gasteiger partial charge >= 0.3 is 5.97 Å². The number of carboxylic acids is 1. The Morgan fingerprint density at radius 3 is 2.40 bits per heavy atom. The van der Waals surface area contributed by atoms with Crippen LogP contribution in [0.2, 0.25) is 5.02 Å². The smallest absolute Gasteiger partial charge is 0.325 e. The largest absolute Gasteiger partial charge is 0.480 e. The maximum Gasteiger partial charge on any atom is 0.325 e. The van der Waals surface area contributed by atoms with Crippen LogP contribution in [-0.2, 0) is 19.4 Å². The van der Waals surface area contributed by atoms with Gasteiger partial charge in [-0.05, 0) is 50.1 Å². The molecule has 0 heterocycles. The number of anilines is 1. The topological polar surface area (TPSA) is 150 Å². The second-order valence-electron chi connectivity index (χ2n) is 8.33. The molecule has 2 aromatic carbocycles. The highest BCUT2D eigenvalue weighted by atomic mass is 35.5. The highest BCUT2D eigenvalue weighted by Crippen LogP contribution is 2.43. The number of benzene rings is 2. The van der Waals surface area contributed by atoms with Crippen molar-refractivity contribution in [2.75, 3.05) is 5.32 Å². The lowest BCUT2D eigenvalue weighted by Crippen LogP contribution is -2.53. The number of aliphatic carboxylic acids is 1. The van der Waals surface area contributed by atoms with Crippen LogP contribution >= 0.6 is 11.6 Å². The zero-order valence-corrected chi connectivity index (χ0v) is 19.8. The summed E-state index contributed by atoms with van der Waals surface area (Å²) in [5.41, 5.74) is -1.81. The Bertz CT molecular complexity index is 1300. The van der Waals surface area contributed by atoms with Gasteiger partial charge in [-0.15, -0.1) is 0 Å². The van der Waals surface area contributed by atoms with Crippen LogP contribution < -0.4 is 10.6 Å². The number of aliphatic hydroxyl groups is 1. The number of sulfone groups is 1. The van der Waals surface area contributed by atoms with E-state index in [9.17, 15) is 36.7 Å². The minimum atomic E-state index is -4.12. The highest BCUT2D eigenvalue weighted by Gasteiger charge is 2.50. The zero-order valence-electron chi connectivity index (χ0n) is 18.2. The number of carbonyl (C=O) groups excluding carboxylic acids is 2. The summed E-state index contributed by atoms with van der Waals surface area (Å²) in [4.78, 5) is 35.0. The van der Waals surface area contributed by atoms with Crippen LogP contribution in [0.4, 0.5) is 14.5 Å². The van der Waals surface area contributed by atoms with Gasteiger partial charge < -0.3 is 20.8 Å². The fraction of sp³-hybridized carbons (Fsp3) is 0.318. The van der Waals surface area contributed by atoms with Crippen LogP contribution in [0.5, 0.6) is 0 Å². The van der Waals surface area contributed by atoms with E-state index in [4.69, 9.17) is 16.7 Å². The fourth-order valence-corrected chi connectivity index (χ4v) is 6.11. The third-order valence-electron chi connectivity index (χ3n) is 5.57. The van der Waals surface area contributed by atoms with E-state index in [0.717, 1.165) is 24.3 Å². The fourth-order valence-electron chi connectivity index (χ4n) is 3.62. The molecule has 3 rings (SSSR count). The molecule has 1 saturated carbocycles. The summed E-state index contributed by atoms with van der Waals surface area (Å²) >= 11 is 6.07. The Morgan fingerprint density at radius 2 is 1.80 bits per heavy atom. The van der Waals surface area contributed by atoms with E-state index >= 15 is 0 Å². The Kier molecular flexibility index (Phi) is 7.48. The van der Waals surface area contributed by atoms with Crippen LogP contribution in [0.1, 0.15) is 36.5 Å². The Balaban J connectivity index is 1.72. The van der Waals surface area contributed by atoms with E-state index < -0.39 is 62.6 Å². The normalized spacial score (nSPS) is 20.4. The Morgan fingerprint density at radius 1 is 1.14 bits per heavy atom. The molecule has 9 nitrogen and oxygen atoms in total. The predicted octanol–water partition coefficient (Wildman–Crippen LogP) is 2.52. The van der Waals surface area contributed by atoms with E-state index in [-0.39, 0.29) is 34.0 Å². The number of amides is 2. The van der Waals surface area contributed by atoms with Gasteiger partial charge in [-0.2, -0.15) is 0 Å². The number of nitrogens with one attached hydrogen (secondary N) is 2. The summed E-state index contributed by atoms with van der Waals surface area (Å²) in [5, 5.41) is 22.6. The van der Waals surface area contributed by atoms with Crippen molar-refractivity contribution in [3.05, 3.63) is 58.6 Å². The van der Waals surface area contributed by atoms with Crippen LogP contribution in [0.25, 0.3) is 0 Å². The lowest BCUT2D eigenvalue weighted by atomic mass is 9.77. The molecule has 13 heteroatoms. The van der Waals surface area contributed by atoms with Crippen LogP contribution in [0.15, 0.2) is 41.3 Å². The maximum atomic E-state index is 13.4. The van der Waals surface area contributed by atoms with E-state index in [1.165, 1.54) is 19.1 Å². The van der Waals surface area contributed by atoms with Gasteiger partial charge in [0.05, 0.1) is 27.2 Å². The quantitative estimate of drug-likeness (QED) is 0.409. The third-order valence-corrected chi connectivity index (χ3v) is 8.17. The van der Waals surface area contributed by atoms with Gasteiger partial charge in [0.25, 0.3) is 5.91 Å². The van der Waals surface area contributed by atoms with Crippen molar-refractivity contribution in [3.8, 4) is 0 Å². The van der Waals surface area contributed by atoms with Gasteiger partial charge in [0.1, 0.15) is 6.04 Å². The molecule has 0 saturated heterocycles. The molecule has 2 amide bonds. The molecule has 4 N–H and O–H groups in total. The van der Waals surface area contributed by atoms with E-state index in [0.29, 0.717) is 0 Å². The second kappa shape index (κ2) is 9.88. The van der Waals surface area contributed by atoms with Crippen molar-refractivity contribution in [1.29, 1.82) is 0 Å². The molecular weight excluding hydrogens is 510 g/mol. The first-order chi connectivity index (χ1) is 16.2. The first kappa shape index (κ1) is 26.5. The van der Waals surface area contributed by atoms with Gasteiger partial charge in [-0.25, -0.2) is 17.2 Å². The lowest BCUT2D eigenvalue weighted by molar-refractivity contribution is -0.143. The van der Waals surface area contributed by atoms with Crippen molar-refractivity contribution < 1.29 is 41.8 Å². The minimum absolute atomic E-state index is 0.0483. The molecule has 0 aromatic heterocycles. The van der Waals surface area contributed by atoms with Gasteiger partial charge in [-0.1, -0.05) is 11.6 Å². The molecule has 0 radical (unpaired) electrons. The monoisotopic (exact) mass is 530 g/mol. The van der Waals surface area contributed by atoms with Crippen molar-refractivity contribution in [3.63, 3.8) is 0 Å². The molecule has 1 fully saturated rings. The molecule has 188 valence electrons. The average Bonchev–Trinajstić information content (AvgIpc) is 2.74. The number of halogens is 3. The van der Waals surface area contributed by atoms with Crippen molar-refractivity contribution in [2.24, 2.45) is 0 Å². The first-order valence-electron chi connectivity index (χ1n) is 10.3. The third kappa shape index (κ3) is 5.95. The number of hydrogen-bond donors (Lipinski definition) is 4. The van der Waals surface area contributed by atoms with E-state index in [1.807, 2.05) is 0 Å². The minimum Gasteiger partial charge on any atom is -0.480 e. The molecule has 1 aliphatic carbocycles. The maximum absolute atomic E-state index is 13.4. The number of hydrogen-bond acceptors (Lipinski definition) is 6. The summed E-state index contributed by atoms with van der Waals surface area (Å²) in [5.74, 6) is -5.07. The molecule has 0 spiro atoms. The Labute approximate surface area is 204 Å². The molecule has 0 bridgehead atoms. The molecule has 0 aliphatic heterocycles. The van der Waals surface area contributed by atoms with Gasteiger partial charge in [0.2, 0.25) is 5.91 Å². The summed E-state index contributed by atoms with van der Waals surface area (Å²) in [6.45, 7) is 1.25. The van der Waals surface area contributed by atoms with Gasteiger partial charge in [0, 0.05) is 17.3 Å². The first-order valence-corrected chi connectivity index (χ1v) is 12.2. The lowest BCUT2D eigenvalue weighted by Gasteiger charge is -2.42. The van der Waals surface area contributed by atoms with E-state index in [2.05, 4.69) is 10.6 Å². The van der Waals surface area contributed by atoms with Gasteiger partial charge in [-0.3, -0.25) is 14.4 Å². The van der Waals surface area contributed by atoms with Crippen LogP contribution in [-0.4, -0.2) is 53.3 Å². The number of carboxylic acid groups (broad SMARTS) is 1. The van der Waals surface area contributed by atoms with Gasteiger partial charge in [0.15, 0.2) is 21.5 Å². The molecule has 1 atom stereocenters. The highest BCUT2D eigenvalue weighted by molar-refractivity contribution is 7.92. The summed E-state index contributed by atoms with van der Waals surface area (Å²) in [6, 6.07) is 5.02. The van der Waals surface area contributed by atoms with Crippen molar-refractivity contribution in [2.45, 2.75) is 48.0 Å². The molecular formula is C22H21ClF2N2O7S. The number of rotatable bonds is 8. The Hall–Kier alpha value is -3.09. The summed E-state index contributed by atoms with van der Waals surface area (Å²) in [7, 11) is -4.12. The summed E-state index contributed by atoms with van der Waals surface area (Å²) < 4.78 is 52.7. The summed E-state index contributed by atoms with van der Waals surface area (Å²) in [6.07, 6.45) is -1.08. The second-order valence-corrected chi connectivity index (χ2v) is 10.9. The van der Waals surface area contributed by atoms with Crippen LogP contribution in [0, 0.1) is 11.6 Å². The van der Waals surface area contributed by atoms with Crippen molar-refractivity contribution in [1.82, 2.24) is 5.32 Å². The van der Waals surface area contributed by atoms with Crippen molar-refractivity contribution >= 4 is 44.9 Å². The standard InChI is InChI=1S/C22H21ClF2N2O7S/c1-11(21(30)31)26-19(28)10-22(32)8-14(9-22)35(33,34)18-6-12(2-4-15(18)23)20(29)27-13-3-5-16(24)17(25)7-13/h2-7,11,14,32H,8-10H2,1H3,(H,26,28)(H,27,29)(H,30,31)/t11-,14?,22?/m0/s1. The predicted molar refractivity (Wildman–Crippen MR) is 121 cm³/mol. The van der Waals surface area contributed by atoms with Crippen LogP contribution in [0.3, 0.4) is 0 Å². The zero-order chi connectivity index (χ0) is 26.1. The number of carbonyl (C=O) groups is 3. The molecule has 0 unspecified atom stereocenters. The molecule has 2 aromatic rings. The SMILES string of the molecule is C[C@H](NC(=O)CC1(O)CC(S(=O)(=O)c2cc(C(=O)Nc3ccc(F)c(F)c3)ccc2Cl)C1)C(=O)O.